The molecule has 3 heteroatoms. The normalized spacial score (nSPS) is 10.2. The van der Waals surface area contributed by atoms with Gasteiger partial charge in [-0.05, 0) is 37.1 Å². The fourth-order valence-corrected chi connectivity index (χ4v) is 1.55. The molecule has 0 bridgehead atoms. The second-order valence-corrected chi connectivity index (χ2v) is 3.24. The van der Waals surface area contributed by atoms with Gasteiger partial charge in [-0.3, -0.25) is 4.79 Å². The maximum atomic E-state index is 12.8. The minimum absolute atomic E-state index is 0.0622. The number of ketones is 1. The highest BCUT2D eigenvalue weighted by molar-refractivity contribution is 6.30. The van der Waals surface area contributed by atoms with E-state index in [0.29, 0.717) is 16.7 Å². The van der Waals surface area contributed by atoms with E-state index in [0.717, 1.165) is 0 Å². The molecule has 0 unspecified atom stereocenters. The fourth-order valence-electron chi connectivity index (χ4n) is 1.42. The lowest BCUT2D eigenvalue weighted by atomic mass is 10.00. The molecule has 0 spiro atoms. The number of halogens is 2. The Morgan fingerprint density at radius 1 is 1.38 bits per heavy atom. The van der Waals surface area contributed by atoms with Crippen LogP contribution in [0, 0.1) is 19.7 Å². The van der Waals surface area contributed by atoms with Crippen molar-refractivity contribution in [3.63, 3.8) is 0 Å². The summed E-state index contributed by atoms with van der Waals surface area (Å²) in [6, 6.07) is 2.68. The first-order chi connectivity index (χ1) is 6.06. The third kappa shape index (κ3) is 2.07. The van der Waals surface area contributed by atoms with E-state index in [1.807, 2.05) is 0 Å². The third-order valence-corrected chi connectivity index (χ3v) is 2.14. The topological polar surface area (TPSA) is 17.1 Å². The van der Waals surface area contributed by atoms with Crippen molar-refractivity contribution in [1.29, 1.82) is 0 Å². The summed E-state index contributed by atoms with van der Waals surface area (Å²) < 4.78 is 12.8. The van der Waals surface area contributed by atoms with Crippen molar-refractivity contribution in [1.82, 2.24) is 0 Å². The molecular weight excluding hydrogens is 191 g/mol. The maximum Gasteiger partial charge on any atom is 0.178 e. The number of rotatable bonds is 2. The van der Waals surface area contributed by atoms with Gasteiger partial charge in [0.05, 0.1) is 5.88 Å². The molecule has 0 aliphatic carbocycles. The smallest absolute Gasteiger partial charge is 0.178 e. The molecule has 1 aromatic carbocycles. The van der Waals surface area contributed by atoms with Crippen LogP contribution in [0.5, 0.6) is 0 Å². The van der Waals surface area contributed by atoms with Crippen LogP contribution < -0.4 is 0 Å². The summed E-state index contributed by atoms with van der Waals surface area (Å²) in [6.07, 6.45) is 0. The summed E-state index contributed by atoms with van der Waals surface area (Å²) >= 11 is 5.43. The SMILES string of the molecule is Cc1cc(F)cc(C)c1C(=O)CCl. The van der Waals surface area contributed by atoms with Crippen LogP contribution in [0.3, 0.4) is 0 Å². The Kier molecular flexibility index (Phi) is 3.04. The average Bonchev–Trinajstić information content (AvgIpc) is 2.02. The van der Waals surface area contributed by atoms with Gasteiger partial charge in [0.25, 0.3) is 0 Å². The lowest BCUT2D eigenvalue weighted by molar-refractivity contribution is 0.102. The van der Waals surface area contributed by atoms with Crippen LogP contribution >= 0.6 is 11.6 Å². The highest BCUT2D eigenvalue weighted by Gasteiger charge is 2.11. The van der Waals surface area contributed by atoms with Gasteiger partial charge in [0.15, 0.2) is 5.78 Å². The van der Waals surface area contributed by atoms with Gasteiger partial charge in [-0.2, -0.15) is 0 Å². The van der Waals surface area contributed by atoms with E-state index in [-0.39, 0.29) is 17.5 Å². The fraction of sp³-hybridized carbons (Fsp3) is 0.300. The Bertz CT molecular complexity index is 324. The van der Waals surface area contributed by atoms with Crippen molar-refractivity contribution >= 4 is 17.4 Å². The number of benzene rings is 1. The zero-order chi connectivity index (χ0) is 10.0. The molecule has 0 atom stereocenters. The monoisotopic (exact) mass is 200 g/mol. The van der Waals surface area contributed by atoms with E-state index in [2.05, 4.69) is 0 Å². The predicted molar refractivity (Wildman–Crippen MR) is 50.9 cm³/mol. The van der Waals surface area contributed by atoms with Gasteiger partial charge in [-0.25, -0.2) is 4.39 Å². The summed E-state index contributed by atoms with van der Waals surface area (Å²) in [5.41, 5.74) is 1.82. The van der Waals surface area contributed by atoms with Crippen molar-refractivity contribution in [2.24, 2.45) is 0 Å². The van der Waals surface area contributed by atoms with Crippen LogP contribution in [0.25, 0.3) is 0 Å². The molecule has 1 aromatic rings. The molecular formula is C10H10ClFO. The zero-order valence-electron chi connectivity index (χ0n) is 7.53. The van der Waals surface area contributed by atoms with E-state index < -0.39 is 0 Å². The number of hydrogen-bond donors (Lipinski definition) is 0. The predicted octanol–water partition coefficient (Wildman–Crippen LogP) is 2.86. The lowest BCUT2D eigenvalue weighted by Crippen LogP contribution is -2.06. The highest BCUT2D eigenvalue weighted by atomic mass is 35.5. The molecule has 70 valence electrons. The van der Waals surface area contributed by atoms with Crippen LogP contribution in [-0.2, 0) is 0 Å². The van der Waals surface area contributed by atoms with Crippen LogP contribution in [0.15, 0.2) is 12.1 Å². The minimum atomic E-state index is -0.318. The van der Waals surface area contributed by atoms with E-state index >= 15 is 0 Å². The number of carbonyl (C=O) groups excluding carboxylic acids is 1. The number of alkyl halides is 1. The van der Waals surface area contributed by atoms with Crippen molar-refractivity contribution in [2.75, 3.05) is 5.88 Å². The van der Waals surface area contributed by atoms with Crippen LogP contribution in [0.2, 0.25) is 0 Å². The molecule has 13 heavy (non-hydrogen) atoms. The maximum absolute atomic E-state index is 12.8. The lowest BCUT2D eigenvalue weighted by Gasteiger charge is -2.06. The van der Waals surface area contributed by atoms with Crippen molar-refractivity contribution in [2.45, 2.75) is 13.8 Å². The van der Waals surface area contributed by atoms with Crippen molar-refractivity contribution < 1.29 is 9.18 Å². The first kappa shape index (κ1) is 10.2. The molecule has 0 saturated heterocycles. The first-order valence-electron chi connectivity index (χ1n) is 3.92. The third-order valence-electron chi connectivity index (χ3n) is 1.90. The Hall–Kier alpha value is -0.890. The number of hydrogen-bond acceptors (Lipinski definition) is 1. The van der Waals surface area contributed by atoms with Gasteiger partial charge in [0.2, 0.25) is 0 Å². The highest BCUT2D eigenvalue weighted by Crippen LogP contribution is 2.16. The second kappa shape index (κ2) is 3.88. The summed E-state index contributed by atoms with van der Waals surface area (Å²) in [6.45, 7) is 3.41. The Morgan fingerprint density at radius 2 is 1.85 bits per heavy atom. The molecule has 0 N–H and O–H groups in total. The number of aryl methyl sites for hydroxylation is 2. The van der Waals surface area contributed by atoms with Crippen LogP contribution in [-0.4, -0.2) is 11.7 Å². The summed E-state index contributed by atoms with van der Waals surface area (Å²) in [5.74, 6) is -0.536. The first-order valence-corrected chi connectivity index (χ1v) is 4.45. The van der Waals surface area contributed by atoms with E-state index in [1.165, 1.54) is 12.1 Å². The molecule has 0 fully saturated rings. The Balaban J connectivity index is 3.28. The quantitative estimate of drug-likeness (QED) is 0.530. The standard InChI is InChI=1S/C10H10ClFO/c1-6-3-8(12)4-7(2)10(6)9(13)5-11/h3-4H,5H2,1-2H3. The van der Waals surface area contributed by atoms with Gasteiger partial charge in [0.1, 0.15) is 5.82 Å². The molecule has 1 nitrogen and oxygen atoms in total. The molecule has 0 aliphatic rings. The van der Waals surface area contributed by atoms with Crippen molar-refractivity contribution in [3.8, 4) is 0 Å². The van der Waals surface area contributed by atoms with E-state index in [1.54, 1.807) is 13.8 Å². The number of carbonyl (C=O) groups is 1. The van der Waals surface area contributed by atoms with Gasteiger partial charge < -0.3 is 0 Å². The molecule has 0 saturated carbocycles. The number of Topliss-reactive ketones (excluding diaryl/α,β-unsaturated/α-hetero) is 1. The van der Waals surface area contributed by atoms with Gasteiger partial charge in [0, 0.05) is 5.56 Å². The molecule has 0 heterocycles. The second-order valence-electron chi connectivity index (χ2n) is 2.97. The summed E-state index contributed by atoms with van der Waals surface area (Å²) in [5, 5.41) is 0. The molecule has 0 radical (unpaired) electrons. The van der Waals surface area contributed by atoms with Crippen LogP contribution in [0.1, 0.15) is 21.5 Å². The van der Waals surface area contributed by atoms with E-state index in [9.17, 15) is 9.18 Å². The average molecular weight is 201 g/mol. The molecule has 0 aliphatic heterocycles. The van der Waals surface area contributed by atoms with Gasteiger partial charge in [-0.1, -0.05) is 0 Å². The zero-order valence-corrected chi connectivity index (χ0v) is 8.28. The van der Waals surface area contributed by atoms with Crippen LogP contribution in [0.4, 0.5) is 4.39 Å². The minimum Gasteiger partial charge on any atom is -0.293 e. The van der Waals surface area contributed by atoms with Gasteiger partial charge >= 0.3 is 0 Å². The molecule has 1 rings (SSSR count). The van der Waals surface area contributed by atoms with Crippen molar-refractivity contribution in [3.05, 3.63) is 34.6 Å². The Morgan fingerprint density at radius 3 is 2.23 bits per heavy atom. The largest absolute Gasteiger partial charge is 0.293 e. The molecule has 0 aromatic heterocycles. The summed E-state index contributed by atoms with van der Waals surface area (Å²) in [4.78, 5) is 11.3. The summed E-state index contributed by atoms with van der Waals surface area (Å²) in [7, 11) is 0. The van der Waals surface area contributed by atoms with Gasteiger partial charge in [-0.15, -0.1) is 11.6 Å². The van der Waals surface area contributed by atoms with E-state index in [4.69, 9.17) is 11.6 Å². The Labute approximate surface area is 81.5 Å². The molecule has 0 amide bonds.